The molecule has 0 saturated carbocycles. The molecule has 0 amide bonds. The van der Waals surface area contributed by atoms with Crippen LogP contribution in [0.15, 0.2) is 121 Å². The van der Waals surface area contributed by atoms with E-state index in [0.717, 1.165) is 27.7 Å². The standard InChI is InChI=1S/C32H22N4S2/c1-5-13-26-19(8-1)16-28(37-26)35-24-11-4-3-10-21(24)22-18-23-30-25(12-7-15-33-30)36(32(23)34-31(22)35)29-17-20-9-2-6-14-27(20)38-29/h1-18,26-29H. The number of hydrogen-bond donors (Lipinski definition) is 0. The first kappa shape index (κ1) is 21.2. The van der Waals surface area contributed by atoms with Crippen LogP contribution in [0, 0.1) is 0 Å². The molecule has 182 valence electrons. The smallest absolute Gasteiger partial charge is 0.146 e. The molecular weight excluding hydrogens is 505 g/mol. The fourth-order valence-corrected chi connectivity index (χ4v) is 9.02. The van der Waals surface area contributed by atoms with Crippen LogP contribution < -0.4 is 0 Å². The van der Waals surface area contributed by atoms with E-state index in [0.29, 0.717) is 10.5 Å². The predicted octanol–water partition coefficient (Wildman–Crippen LogP) is 8.03. The largest absolute Gasteiger partial charge is 0.309 e. The summed E-state index contributed by atoms with van der Waals surface area (Å²) in [5.74, 6) is 0. The number of para-hydroxylation sites is 1. The van der Waals surface area contributed by atoms with Crippen molar-refractivity contribution in [2.24, 2.45) is 0 Å². The second-order valence-electron chi connectivity index (χ2n) is 10.1. The lowest BCUT2D eigenvalue weighted by molar-refractivity contribution is 0.847. The SMILES string of the molecule is C1=CC2=CC(n3c4ccccc4c4cc5c6ncccc6n(C6C=C7C=CC=CC7S6)c5nc43)SC2C=C1. The molecule has 2 aliphatic heterocycles. The minimum atomic E-state index is 0.162. The van der Waals surface area contributed by atoms with Gasteiger partial charge in [0, 0.05) is 22.4 Å². The molecule has 0 spiro atoms. The number of allylic oxidation sites excluding steroid dienone is 6. The van der Waals surface area contributed by atoms with Crippen molar-refractivity contribution in [3.63, 3.8) is 0 Å². The normalized spacial score (nSPS) is 25.6. The summed E-state index contributed by atoms with van der Waals surface area (Å²) in [7, 11) is 0. The number of nitrogens with zero attached hydrogens (tertiary/aromatic N) is 4. The Morgan fingerprint density at radius 2 is 1.32 bits per heavy atom. The average molecular weight is 527 g/mol. The second kappa shape index (κ2) is 7.88. The third-order valence-corrected chi connectivity index (χ3v) is 10.7. The van der Waals surface area contributed by atoms with Gasteiger partial charge in [0.2, 0.25) is 0 Å². The van der Waals surface area contributed by atoms with E-state index < -0.39 is 0 Å². The molecule has 4 unspecified atom stereocenters. The maximum Gasteiger partial charge on any atom is 0.146 e. The highest BCUT2D eigenvalue weighted by Crippen LogP contribution is 2.48. The number of benzene rings is 1. The fraction of sp³-hybridized carbons (Fsp3) is 0.125. The highest BCUT2D eigenvalue weighted by Gasteiger charge is 2.32. The molecule has 4 aliphatic rings. The van der Waals surface area contributed by atoms with Crippen LogP contribution >= 0.6 is 23.5 Å². The van der Waals surface area contributed by atoms with Crippen molar-refractivity contribution in [2.45, 2.75) is 21.2 Å². The summed E-state index contributed by atoms with van der Waals surface area (Å²) in [6, 6.07) is 15.3. The topological polar surface area (TPSA) is 35.6 Å². The molecule has 0 saturated heterocycles. The van der Waals surface area contributed by atoms with E-state index in [2.05, 4.69) is 106 Å². The lowest BCUT2D eigenvalue weighted by atomic mass is 10.1. The van der Waals surface area contributed by atoms with Crippen molar-refractivity contribution in [3.05, 3.63) is 121 Å². The van der Waals surface area contributed by atoms with Crippen molar-refractivity contribution in [2.75, 3.05) is 0 Å². The number of fused-ring (bicyclic) bond motifs is 8. The van der Waals surface area contributed by atoms with Crippen LogP contribution in [-0.4, -0.2) is 29.6 Å². The molecule has 6 heteroatoms. The third-order valence-electron chi connectivity index (χ3n) is 7.97. The van der Waals surface area contributed by atoms with Crippen LogP contribution in [0.3, 0.4) is 0 Å². The van der Waals surface area contributed by atoms with Gasteiger partial charge in [-0.25, -0.2) is 4.98 Å². The highest BCUT2D eigenvalue weighted by atomic mass is 32.2. The maximum absolute atomic E-state index is 5.50. The summed E-state index contributed by atoms with van der Waals surface area (Å²) in [5, 5.41) is 4.68. The summed E-state index contributed by atoms with van der Waals surface area (Å²) in [6.07, 6.45) is 24.4. The quantitative estimate of drug-likeness (QED) is 0.233. The summed E-state index contributed by atoms with van der Waals surface area (Å²) >= 11 is 3.94. The molecule has 0 bridgehead atoms. The third kappa shape index (κ3) is 2.90. The first-order valence-corrected chi connectivity index (χ1v) is 14.8. The van der Waals surface area contributed by atoms with Gasteiger partial charge in [0.1, 0.15) is 22.0 Å². The molecule has 6 heterocycles. The molecule has 0 fully saturated rings. The van der Waals surface area contributed by atoms with Crippen LogP contribution in [0.25, 0.3) is 44.0 Å². The van der Waals surface area contributed by atoms with Gasteiger partial charge in [0.05, 0.1) is 27.0 Å². The van der Waals surface area contributed by atoms with Crippen molar-refractivity contribution in [1.82, 2.24) is 19.1 Å². The first-order valence-electron chi connectivity index (χ1n) is 13.0. The van der Waals surface area contributed by atoms with E-state index in [9.17, 15) is 0 Å². The number of pyridine rings is 2. The number of thioether (sulfide) groups is 2. The maximum atomic E-state index is 5.50. The lowest BCUT2D eigenvalue weighted by Crippen LogP contribution is -2.06. The molecule has 4 atom stereocenters. The molecular formula is C32H22N4S2. The Hall–Kier alpha value is -3.74. The van der Waals surface area contributed by atoms with Gasteiger partial charge in [-0.2, -0.15) is 0 Å². The zero-order valence-electron chi connectivity index (χ0n) is 20.3. The zero-order chi connectivity index (χ0) is 24.8. The van der Waals surface area contributed by atoms with Gasteiger partial charge in [-0.15, -0.1) is 23.5 Å². The summed E-state index contributed by atoms with van der Waals surface area (Å²) < 4.78 is 4.85. The van der Waals surface area contributed by atoms with Crippen LogP contribution in [0.4, 0.5) is 0 Å². The van der Waals surface area contributed by atoms with E-state index in [1.165, 1.54) is 27.4 Å². The molecule has 5 aromatic rings. The van der Waals surface area contributed by atoms with E-state index in [1.54, 1.807) is 0 Å². The van der Waals surface area contributed by atoms with Crippen molar-refractivity contribution in [3.8, 4) is 0 Å². The molecule has 4 aromatic heterocycles. The number of rotatable bonds is 2. The molecule has 38 heavy (non-hydrogen) atoms. The Kier molecular flexibility index (Phi) is 4.40. The molecule has 0 radical (unpaired) electrons. The minimum Gasteiger partial charge on any atom is -0.309 e. The zero-order valence-corrected chi connectivity index (χ0v) is 21.9. The number of aromatic nitrogens is 4. The Labute approximate surface area is 227 Å². The molecule has 9 rings (SSSR count). The van der Waals surface area contributed by atoms with E-state index in [-0.39, 0.29) is 10.7 Å². The van der Waals surface area contributed by atoms with Gasteiger partial charge in [-0.1, -0.05) is 66.8 Å². The predicted molar refractivity (Wildman–Crippen MR) is 162 cm³/mol. The number of hydrogen-bond acceptors (Lipinski definition) is 4. The van der Waals surface area contributed by atoms with Crippen molar-refractivity contribution >= 4 is 67.5 Å². The lowest BCUT2D eigenvalue weighted by Gasteiger charge is -2.16. The van der Waals surface area contributed by atoms with Gasteiger partial charge in [0.15, 0.2) is 0 Å². The second-order valence-corrected chi connectivity index (χ2v) is 12.6. The molecule has 4 nitrogen and oxygen atoms in total. The van der Waals surface area contributed by atoms with Gasteiger partial charge in [-0.3, -0.25) is 4.98 Å². The minimum absolute atomic E-state index is 0.162. The van der Waals surface area contributed by atoms with Gasteiger partial charge >= 0.3 is 0 Å². The highest BCUT2D eigenvalue weighted by molar-refractivity contribution is 8.01. The van der Waals surface area contributed by atoms with E-state index >= 15 is 0 Å². The van der Waals surface area contributed by atoms with Crippen LogP contribution in [0.5, 0.6) is 0 Å². The summed E-state index contributed by atoms with van der Waals surface area (Å²) in [6.45, 7) is 0. The Bertz CT molecular complexity index is 1870. The first-order chi connectivity index (χ1) is 18.8. The van der Waals surface area contributed by atoms with Crippen molar-refractivity contribution < 1.29 is 0 Å². The van der Waals surface area contributed by atoms with Crippen LogP contribution in [0.1, 0.15) is 10.7 Å². The van der Waals surface area contributed by atoms with E-state index in [4.69, 9.17) is 9.97 Å². The van der Waals surface area contributed by atoms with E-state index in [1.807, 2.05) is 35.8 Å². The Balaban J connectivity index is 1.34. The van der Waals surface area contributed by atoms with Gasteiger partial charge < -0.3 is 9.13 Å². The fourth-order valence-electron chi connectivity index (χ4n) is 6.29. The van der Waals surface area contributed by atoms with Crippen molar-refractivity contribution in [1.29, 1.82) is 0 Å². The molecule has 0 N–H and O–H groups in total. The summed E-state index contributed by atoms with van der Waals surface area (Å²) in [4.78, 5) is 10.4. The molecule has 2 aliphatic carbocycles. The Morgan fingerprint density at radius 3 is 2.05 bits per heavy atom. The Morgan fingerprint density at radius 1 is 0.658 bits per heavy atom. The molecule has 1 aromatic carbocycles. The monoisotopic (exact) mass is 526 g/mol. The van der Waals surface area contributed by atoms with Crippen LogP contribution in [0.2, 0.25) is 0 Å². The van der Waals surface area contributed by atoms with Gasteiger partial charge in [-0.05, 0) is 47.6 Å². The average Bonchev–Trinajstić information content (AvgIpc) is 3.71. The van der Waals surface area contributed by atoms with Crippen LogP contribution in [-0.2, 0) is 0 Å². The van der Waals surface area contributed by atoms with Gasteiger partial charge in [0.25, 0.3) is 0 Å². The summed E-state index contributed by atoms with van der Waals surface area (Å²) in [5.41, 5.74) is 8.18.